The highest BCUT2D eigenvalue weighted by molar-refractivity contribution is 6.51. The zero-order chi connectivity index (χ0) is 22.3. The Morgan fingerprint density at radius 1 is 1.03 bits per heavy atom. The summed E-state index contributed by atoms with van der Waals surface area (Å²) in [6.07, 6.45) is 0. The van der Waals surface area contributed by atoms with Crippen molar-refractivity contribution < 1.29 is 19.2 Å². The molecule has 6 nitrogen and oxygen atoms in total. The van der Waals surface area contributed by atoms with E-state index < -0.39 is 17.7 Å². The van der Waals surface area contributed by atoms with Crippen molar-refractivity contribution >= 4 is 23.3 Å². The number of aliphatic hydroxyl groups excluding tert-OH is 1. The molecule has 0 radical (unpaired) electrons. The van der Waals surface area contributed by atoms with Crippen molar-refractivity contribution in [1.29, 1.82) is 0 Å². The summed E-state index contributed by atoms with van der Waals surface area (Å²) in [6.45, 7) is 7.84. The Morgan fingerprint density at radius 3 is 2.23 bits per heavy atom. The Hall–Kier alpha value is -3.67. The number of Topliss-reactive ketones (excluding diaryl/α,β-unsaturated/α-hetero) is 1. The number of aromatic nitrogens is 1. The molecule has 0 aliphatic carbocycles. The molecule has 2 heterocycles. The third-order valence-corrected chi connectivity index (χ3v) is 5.55. The molecular weight excluding hydrogens is 392 g/mol. The van der Waals surface area contributed by atoms with Gasteiger partial charge in [0, 0.05) is 11.6 Å². The van der Waals surface area contributed by atoms with Crippen molar-refractivity contribution in [3.05, 3.63) is 88.2 Å². The Morgan fingerprint density at radius 2 is 1.68 bits per heavy atom. The maximum absolute atomic E-state index is 13.1. The highest BCUT2D eigenvalue weighted by Crippen LogP contribution is 2.42. The average molecular weight is 416 g/mol. The van der Waals surface area contributed by atoms with Gasteiger partial charge in [-0.2, -0.15) is 0 Å². The second kappa shape index (κ2) is 7.87. The van der Waals surface area contributed by atoms with E-state index in [4.69, 9.17) is 4.52 Å². The van der Waals surface area contributed by atoms with Crippen LogP contribution in [0.2, 0.25) is 0 Å². The molecular formula is C25H24N2O4. The van der Waals surface area contributed by atoms with Crippen LogP contribution in [0.3, 0.4) is 0 Å². The summed E-state index contributed by atoms with van der Waals surface area (Å²) in [5, 5.41) is 15.0. The summed E-state index contributed by atoms with van der Waals surface area (Å²) < 4.78 is 5.16. The number of ketones is 1. The monoisotopic (exact) mass is 416 g/mol. The Balaban J connectivity index is 1.91. The van der Waals surface area contributed by atoms with Crippen molar-refractivity contribution in [3.8, 4) is 0 Å². The summed E-state index contributed by atoms with van der Waals surface area (Å²) in [5.41, 5.74) is 3.38. The van der Waals surface area contributed by atoms with Crippen LogP contribution in [0.25, 0.3) is 5.76 Å². The van der Waals surface area contributed by atoms with Gasteiger partial charge in [-0.3, -0.25) is 14.5 Å². The van der Waals surface area contributed by atoms with Crippen LogP contribution in [-0.4, -0.2) is 22.0 Å². The minimum Gasteiger partial charge on any atom is -0.507 e. The molecule has 1 atom stereocenters. The van der Waals surface area contributed by atoms with Crippen LogP contribution < -0.4 is 4.90 Å². The van der Waals surface area contributed by atoms with Crippen molar-refractivity contribution in [1.82, 2.24) is 5.16 Å². The molecule has 1 amide bonds. The first-order valence-corrected chi connectivity index (χ1v) is 10.2. The van der Waals surface area contributed by atoms with Crippen LogP contribution in [0.15, 0.2) is 64.7 Å². The van der Waals surface area contributed by atoms with E-state index in [-0.39, 0.29) is 17.2 Å². The average Bonchev–Trinajstić information content (AvgIpc) is 3.29. The fourth-order valence-corrected chi connectivity index (χ4v) is 3.78. The second-order valence-electron chi connectivity index (χ2n) is 8.15. The predicted molar refractivity (Wildman–Crippen MR) is 118 cm³/mol. The first kappa shape index (κ1) is 20.6. The third kappa shape index (κ3) is 3.65. The maximum Gasteiger partial charge on any atom is 0.301 e. The Labute approximate surface area is 180 Å². The second-order valence-corrected chi connectivity index (χ2v) is 8.15. The quantitative estimate of drug-likeness (QED) is 0.366. The lowest BCUT2D eigenvalue weighted by Crippen LogP contribution is -2.29. The number of hydrogen-bond acceptors (Lipinski definition) is 5. The van der Waals surface area contributed by atoms with Gasteiger partial charge in [0.05, 0.1) is 11.6 Å². The molecule has 0 bridgehead atoms. The number of carbonyl (C=O) groups excluding carboxylic acids is 2. The van der Waals surface area contributed by atoms with Gasteiger partial charge in [-0.25, -0.2) is 0 Å². The Bertz CT molecular complexity index is 1170. The maximum atomic E-state index is 13.1. The van der Waals surface area contributed by atoms with Gasteiger partial charge in [-0.1, -0.05) is 73.1 Å². The van der Waals surface area contributed by atoms with E-state index in [0.29, 0.717) is 22.8 Å². The largest absolute Gasteiger partial charge is 0.507 e. The molecule has 1 unspecified atom stereocenters. The zero-order valence-corrected chi connectivity index (χ0v) is 17.9. The van der Waals surface area contributed by atoms with Crippen molar-refractivity contribution in [3.63, 3.8) is 0 Å². The molecule has 1 aliphatic rings. The van der Waals surface area contributed by atoms with Gasteiger partial charge in [0.1, 0.15) is 11.5 Å². The minimum absolute atomic E-state index is 0.0341. The molecule has 31 heavy (non-hydrogen) atoms. The summed E-state index contributed by atoms with van der Waals surface area (Å²) >= 11 is 0. The van der Waals surface area contributed by atoms with Crippen LogP contribution >= 0.6 is 0 Å². The molecule has 2 aromatic carbocycles. The van der Waals surface area contributed by atoms with E-state index >= 15 is 0 Å². The number of rotatable bonds is 4. The van der Waals surface area contributed by atoms with Gasteiger partial charge >= 0.3 is 5.91 Å². The number of hydrogen-bond donors (Lipinski definition) is 1. The molecule has 0 saturated carbocycles. The number of aryl methyl sites for hydroxylation is 2. The summed E-state index contributed by atoms with van der Waals surface area (Å²) in [6, 6.07) is 15.7. The number of carbonyl (C=O) groups is 2. The highest BCUT2D eigenvalue weighted by atomic mass is 16.5. The first-order valence-electron chi connectivity index (χ1n) is 10.2. The lowest BCUT2D eigenvalue weighted by atomic mass is 9.93. The van der Waals surface area contributed by atoms with Gasteiger partial charge in [-0.05, 0) is 30.9 Å². The van der Waals surface area contributed by atoms with Gasteiger partial charge in [0.15, 0.2) is 5.82 Å². The van der Waals surface area contributed by atoms with Crippen LogP contribution in [-0.2, 0) is 9.59 Å². The molecule has 1 N–H and O–H groups in total. The van der Waals surface area contributed by atoms with Crippen LogP contribution in [0.5, 0.6) is 0 Å². The number of nitrogens with zero attached hydrogens (tertiary/aromatic N) is 2. The van der Waals surface area contributed by atoms with E-state index in [0.717, 1.165) is 11.1 Å². The SMILES string of the molecule is Cc1ccc(/C(O)=C2\C(=O)C(=O)N(c3cc(C)on3)C2c2ccc(C(C)C)cc2)cc1. The molecule has 1 aromatic heterocycles. The number of benzene rings is 2. The fraction of sp³-hybridized carbons (Fsp3) is 0.240. The van der Waals surface area contributed by atoms with Crippen LogP contribution in [0, 0.1) is 13.8 Å². The zero-order valence-electron chi connectivity index (χ0n) is 17.9. The summed E-state index contributed by atoms with van der Waals surface area (Å²) in [7, 11) is 0. The van der Waals surface area contributed by atoms with Gasteiger partial charge < -0.3 is 9.63 Å². The standard InChI is InChI=1S/C25H24N2O4/c1-14(2)17-9-11-18(12-10-17)22-21(23(28)19-7-5-15(3)6-8-19)24(29)25(30)27(22)20-13-16(4)31-26-20/h5-14,22,28H,1-4H3/b23-21+. The van der Waals surface area contributed by atoms with E-state index in [2.05, 4.69) is 19.0 Å². The summed E-state index contributed by atoms with van der Waals surface area (Å²) in [5.74, 6) is -0.619. The van der Waals surface area contributed by atoms with Crippen LogP contribution in [0.4, 0.5) is 5.82 Å². The Kier molecular flexibility index (Phi) is 5.23. The first-order chi connectivity index (χ1) is 14.8. The third-order valence-electron chi connectivity index (χ3n) is 5.55. The van der Waals surface area contributed by atoms with E-state index in [9.17, 15) is 14.7 Å². The van der Waals surface area contributed by atoms with Gasteiger partial charge in [0.2, 0.25) is 0 Å². The van der Waals surface area contributed by atoms with Crippen molar-refractivity contribution in [2.24, 2.45) is 0 Å². The number of aliphatic hydroxyl groups is 1. The van der Waals surface area contributed by atoms with E-state index in [1.165, 1.54) is 4.90 Å². The molecule has 1 saturated heterocycles. The molecule has 0 spiro atoms. The molecule has 4 rings (SSSR count). The molecule has 1 fully saturated rings. The predicted octanol–water partition coefficient (Wildman–Crippen LogP) is 5.04. The van der Waals surface area contributed by atoms with Gasteiger partial charge in [0.25, 0.3) is 5.78 Å². The van der Waals surface area contributed by atoms with E-state index in [1.807, 2.05) is 43.3 Å². The normalized spacial score (nSPS) is 18.2. The number of anilines is 1. The topological polar surface area (TPSA) is 83.6 Å². The van der Waals surface area contributed by atoms with Crippen LogP contribution in [0.1, 0.15) is 53.8 Å². The molecule has 1 aliphatic heterocycles. The van der Waals surface area contributed by atoms with Crippen molar-refractivity contribution in [2.45, 2.75) is 39.7 Å². The smallest absolute Gasteiger partial charge is 0.301 e. The molecule has 6 heteroatoms. The van der Waals surface area contributed by atoms with Crippen molar-refractivity contribution in [2.75, 3.05) is 4.90 Å². The summed E-state index contributed by atoms with van der Waals surface area (Å²) in [4.78, 5) is 27.4. The van der Waals surface area contributed by atoms with E-state index in [1.54, 1.807) is 25.1 Å². The highest BCUT2D eigenvalue weighted by Gasteiger charge is 2.48. The minimum atomic E-state index is -0.813. The lowest BCUT2D eigenvalue weighted by molar-refractivity contribution is -0.132. The molecule has 3 aromatic rings. The number of amides is 1. The molecule has 158 valence electrons. The fourth-order valence-electron chi connectivity index (χ4n) is 3.78. The van der Waals surface area contributed by atoms with Gasteiger partial charge in [-0.15, -0.1) is 0 Å². The lowest BCUT2D eigenvalue weighted by Gasteiger charge is -2.23.